The molecule has 0 aliphatic rings. The molecule has 4 nitrogen and oxygen atoms in total. The van der Waals surface area contributed by atoms with E-state index in [4.69, 9.17) is 10.6 Å². The fourth-order valence-electron chi connectivity index (χ4n) is 1.13. The number of hydrogen-bond donors (Lipinski definition) is 1. The van der Waals surface area contributed by atoms with Crippen LogP contribution in [-0.4, -0.2) is 12.6 Å². The first kappa shape index (κ1) is 11.5. The van der Waals surface area contributed by atoms with Gasteiger partial charge in [-0.2, -0.15) is 5.90 Å². The highest BCUT2D eigenvalue weighted by Crippen LogP contribution is 2.17. The van der Waals surface area contributed by atoms with Gasteiger partial charge in [0.25, 0.3) is 0 Å². The van der Waals surface area contributed by atoms with Crippen molar-refractivity contribution >= 4 is 5.97 Å². The number of carbonyl (C=O) groups excluding carboxylic acids is 1. The molecule has 0 atom stereocenters. The molecule has 0 spiro atoms. The molecule has 82 valence electrons. The lowest BCUT2D eigenvalue weighted by atomic mass is 10.2. The normalized spacial score (nSPS) is 9.73. The Balaban J connectivity index is 2.64. The molecule has 0 fully saturated rings. The molecule has 1 aromatic rings. The average Bonchev–Trinajstić information content (AvgIpc) is 2.29. The summed E-state index contributed by atoms with van der Waals surface area (Å²) in [7, 11) is 0. The van der Waals surface area contributed by atoms with Crippen LogP contribution in [0.3, 0.4) is 0 Å². The van der Waals surface area contributed by atoms with Crippen molar-refractivity contribution in [2.75, 3.05) is 6.61 Å². The zero-order valence-corrected chi connectivity index (χ0v) is 8.73. The molecule has 0 radical (unpaired) electrons. The van der Waals surface area contributed by atoms with Crippen molar-refractivity contribution in [2.24, 2.45) is 5.90 Å². The SMILES string of the molecule is CCCCOC(=O)c1ccccc1ON. The molecule has 2 N–H and O–H groups in total. The molecule has 0 heterocycles. The van der Waals surface area contributed by atoms with Crippen LogP contribution < -0.4 is 10.7 Å². The number of carbonyl (C=O) groups is 1. The predicted molar refractivity (Wildman–Crippen MR) is 56.4 cm³/mol. The third-order valence-electron chi connectivity index (χ3n) is 1.96. The quantitative estimate of drug-likeness (QED) is 0.457. The van der Waals surface area contributed by atoms with Gasteiger partial charge in [0.05, 0.1) is 6.61 Å². The largest absolute Gasteiger partial charge is 0.462 e. The molecule has 0 aliphatic heterocycles. The molecular weight excluding hydrogens is 194 g/mol. The summed E-state index contributed by atoms with van der Waals surface area (Å²) < 4.78 is 5.04. The highest BCUT2D eigenvalue weighted by molar-refractivity contribution is 5.92. The lowest BCUT2D eigenvalue weighted by Crippen LogP contribution is -2.11. The number of para-hydroxylation sites is 1. The van der Waals surface area contributed by atoms with Crippen LogP contribution in [0.25, 0.3) is 0 Å². The summed E-state index contributed by atoms with van der Waals surface area (Å²) in [5.74, 6) is 4.97. The maximum atomic E-state index is 11.5. The number of ether oxygens (including phenoxy) is 1. The van der Waals surface area contributed by atoms with Gasteiger partial charge in [-0.05, 0) is 18.6 Å². The van der Waals surface area contributed by atoms with Crippen LogP contribution in [0, 0.1) is 0 Å². The number of benzene rings is 1. The van der Waals surface area contributed by atoms with E-state index in [1.807, 2.05) is 6.92 Å². The standard InChI is InChI=1S/C11H15NO3/c1-2-3-8-14-11(13)9-6-4-5-7-10(9)15-12/h4-7H,2-3,8,12H2,1H3. The Morgan fingerprint density at radius 3 is 2.80 bits per heavy atom. The lowest BCUT2D eigenvalue weighted by Gasteiger charge is -2.07. The lowest BCUT2D eigenvalue weighted by molar-refractivity contribution is 0.0495. The summed E-state index contributed by atoms with van der Waals surface area (Å²) in [4.78, 5) is 16.1. The van der Waals surface area contributed by atoms with Crippen molar-refractivity contribution in [2.45, 2.75) is 19.8 Å². The van der Waals surface area contributed by atoms with E-state index in [0.29, 0.717) is 17.9 Å². The van der Waals surface area contributed by atoms with Gasteiger partial charge < -0.3 is 9.57 Å². The first-order valence-corrected chi connectivity index (χ1v) is 4.92. The van der Waals surface area contributed by atoms with E-state index in [2.05, 4.69) is 4.84 Å². The van der Waals surface area contributed by atoms with Crippen LogP contribution in [0.4, 0.5) is 0 Å². The second-order valence-corrected chi connectivity index (χ2v) is 3.10. The second-order valence-electron chi connectivity index (χ2n) is 3.10. The summed E-state index contributed by atoms with van der Waals surface area (Å²) in [5.41, 5.74) is 0.358. The Hall–Kier alpha value is -1.55. The van der Waals surface area contributed by atoms with Crippen molar-refractivity contribution in [1.29, 1.82) is 0 Å². The molecule has 0 amide bonds. The summed E-state index contributed by atoms with van der Waals surface area (Å²) in [5, 5.41) is 0. The first-order valence-electron chi connectivity index (χ1n) is 4.92. The van der Waals surface area contributed by atoms with Crippen molar-refractivity contribution < 1.29 is 14.4 Å². The third kappa shape index (κ3) is 3.25. The monoisotopic (exact) mass is 209 g/mol. The maximum absolute atomic E-state index is 11.5. The molecule has 4 heteroatoms. The van der Waals surface area contributed by atoms with Gasteiger partial charge in [0, 0.05) is 0 Å². The molecule has 1 rings (SSSR count). The molecule has 1 aromatic carbocycles. The molecule has 0 aliphatic carbocycles. The van der Waals surface area contributed by atoms with Crippen LogP contribution in [0.1, 0.15) is 30.1 Å². The first-order chi connectivity index (χ1) is 7.29. The van der Waals surface area contributed by atoms with E-state index in [9.17, 15) is 4.79 Å². The van der Waals surface area contributed by atoms with Gasteiger partial charge in [-0.3, -0.25) is 0 Å². The van der Waals surface area contributed by atoms with E-state index < -0.39 is 5.97 Å². The van der Waals surface area contributed by atoms with Crippen LogP contribution in [0.2, 0.25) is 0 Å². The topological polar surface area (TPSA) is 61.5 Å². The van der Waals surface area contributed by atoms with Crippen molar-refractivity contribution in [3.8, 4) is 5.75 Å². The molecule has 0 unspecified atom stereocenters. The van der Waals surface area contributed by atoms with Gasteiger partial charge in [-0.1, -0.05) is 25.5 Å². The Morgan fingerprint density at radius 1 is 1.40 bits per heavy atom. The Labute approximate surface area is 88.9 Å². The second kappa shape index (κ2) is 6.03. The Bertz CT molecular complexity index is 325. The molecule has 0 saturated heterocycles. The van der Waals surface area contributed by atoms with E-state index >= 15 is 0 Å². The number of unbranched alkanes of at least 4 members (excludes halogenated alkanes) is 1. The minimum atomic E-state index is -0.399. The number of esters is 1. The minimum absolute atomic E-state index is 0.332. The zero-order valence-electron chi connectivity index (χ0n) is 8.73. The van der Waals surface area contributed by atoms with Gasteiger partial charge in [-0.15, -0.1) is 0 Å². The third-order valence-corrected chi connectivity index (χ3v) is 1.96. The Morgan fingerprint density at radius 2 is 2.13 bits per heavy atom. The number of hydrogen-bond acceptors (Lipinski definition) is 4. The summed E-state index contributed by atoms with van der Waals surface area (Å²) in [6.45, 7) is 2.46. The van der Waals surface area contributed by atoms with E-state index in [1.54, 1.807) is 24.3 Å². The Kier molecular flexibility index (Phi) is 4.63. The summed E-state index contributed by atoms with van der Waals surface area (Å²) in [6.07, 6.45) is 1.85. The predicted octanol–water partition coefficient (Wildman–Crippen LogP) is 1.90. The molecule has 0 saturated carbocycles. The van der Waals surface area contributed by atoms with Crippen LogP contribution >= 0.6 is 0 Å². The molecule has 0 bridgehead atoms. The highest BCUT2D eigenvalue weighted by atomic mass is 16.6. The smallest absolute Gasteiger partial charge is 0.342 e. The zero-order chi connectivity index (χ0) is 11.1. The van der Waals surface area contributed by atoms with Gasteiger partial charge in [0.2, 0.25) is 0 Å². The summed E-state index contributed by atoms with van der Waals surface area (Å²) >= 11 is 0. The van der Waals surface area contributed by atoms with E-state index in [-0.39, 0.29) is 0 Å². The van der Waals surface area contributed by atoms with Crippen molar-refractivity contribution in [1.82, 2.24) is 0 Å². The van der Waals surface area contributed by atoms with Crippen LogP contribution in [0.15, 0.2) is 24.3 Å². The van der Waals surface area contributed by atoms with Crippen LogP contribution in [-0.2, 0) is 4.74 Å². The van der Waals surface area contributed by atoms with Gasteiger partial charge in [-0.25, -0.2) is 4.79 Å². The van der Waals surface area contributed by atoms with Crippen molar-refractivity contribution in [3.63, 3.8) is 0 Å². The van der Waals surface area contributed by atoms with Gasteiger partial charge in [0.1, 0.15) is 5.56 Å². The number of nitrogens with two attached hydrogens (primary N) is 1. The van der Waals surface area contributed by atoms with Gasteiger partial charge in [0.15, 0.2) is 5.75 Å². The number of rotatable bonds is 5. The maximum Gasteiger partial charge on any atom is 0.342 e. The fourth-order valence-corrected chi connectivity index (χ4v) is 1.13. The highest BCUT2D eigenvalue weighted by Gasteiger charge is 2.12. The summed E-state index contributed by atoms with van der Waals surface area (Å²) in [6, 6.07) is 6.72. The van der Waals surface area contributed by atoms with Gasteiger partial charge >= 0.3 is 5.97 Å². The molecular formula is C11H15NO3. The average molecular weight is 209 g/mol. The molecule has 15 heavy (non-hydrogen) atoms. The van der Waals surface area contributed by atoms with Crippen LogP contribution in [0.5, 0.6) is 5.75 Å². The fraction of sp³-hybridized carbons (Fsp3) is 0.364. The molecule has 0 aromatic heterocycles. The minimum Gasteiger partial charge on any atom is -0.462 e. The van der Waals surface area contributed by atoms with E-state index in [0.717, 1.165) is 12.8 Å². The van der Waals surface area contributed by atoms with Crippen molar-refractivity contribution in [3.05, 3.63) is 29.8 Å². The van der Waals surface area contributed by atoms with E-state index in [1.165, 1.54) is 0 Å².